The van der Waals surface area contributed by atoms with Crippen LogP contribution in [0.5, 0.6) is 0 Å². The van der Waals surface area contributed by atoms with Gasteiger partial charge in [0.2, 0.25) is 0 Å². The quantitative estimate of drug-likeness (QED) is 0.726. The molecule has 0 aliphatic heterocycles. The lowest BCUT2D eigenvalue weighted by Crippen LogP contribution is -2.26. The first-order chi connectivity index (χ1) is 8.29. The van der Waals surface area contributed by atoms with Crippen molar-refractivity contribution in [3.05, 3.63) is 22.7 Å². The van der Waals surface area contributed by atoms with Gasteiger partial charge in [0, 0.05) is 18.9 Å². The molecule has 0 saturated heterocycles. The summed E-state index contributed by atoms with van der Waals surface area (Å²) in [5.74, 6) is 1.76. The topological polar surface area (TPSA) is 83.8 Å². The fourth-order valence-electron chi connectivity index (χ4n) is 2.39. The zero-order valence-electron chi connectivity index (χ0n) is 9.98. The van der Waals surface area contributed by atoms with Crippen molar-refractivity contribution < 1.29 is 0 Å². The molecule has 0 atom stereocenters. The summed E-state index contributed by atoms with van der Waals surface area (Å²) in [6, 6.07) is 0. The van der Waals surface area contributed by atoms with E-state index in [4.69, 9.17) is 5.73 Å². The molecule has 0 spiro atoms. The molecule has 0 amide bonds. The van der Waals surface area contributed by atoms with E-state index in [0.29, 0.717) is 17.7 Å². The lowest BCUT2D eigenvalue weighted by molar-refractivity contribution is 0.289. The van der Waals surface area contributed by atoms with Crippen molar-refractivity contribution in [1.29, 1.82) is 0 Å². The van der Waals surface area contributed by atoms with Gasteiger partial charge in [-0.15, -0.1) is 0 Å². The zero-order chi connectivity index (χ0) is 12.1. The summed E-state index contributed by atoms with van der Waals surface area (Å²) in [6.45, 7) is 1.64. The maximum atomic E-state index is 11.4. The minimum atomic E-state index is -0.150. The number of nitrogens with two attached hydrogens (primary N) is 1. The van der Waals surface area contributed by atoms with Gasteiger partial charge in [-0.05, 0) is 44.1 Å². The van der Waals surface area contributed by atoms with E-state index in [9.17, 15) is 4.79 Å². The molecule has 1 aliphatic rings. The monoisotopic (exact) mass is 236 g/mol. The van der Waals surface area contributed by atoms with Crippen LogP contribution < -0.4 is 16.6 Å². The van der Waals surface area contributed by atoms with Crippen molar-refractivity contribution in [2.24, 2.45) is 17.6 Å². The van der Waals surface area contributed by atoms with Gasteiger partial charge >= 0.3 is 0 Å². The fraction of sp³-hybridized carbons (Fsp3) is 0.667. The molecule has 17 heavy (non-hydrogen) atoms. The van der Waals surface area contributed by atoms with Crippen molar-refractivity contribution >= 4 is 5.82 Å². The van der Waals surface area contributed by atoms with Crippen LogP contribution in [0.4, 0.5) is 5.82 Å². The Morgan fingerprint density at radius 3 is 2.71 bits per heavy atom. The molecule has 5 heteroatoms. The van der Waals surface area contributed by atoms with Gasteiger partial charge in [0.05, 0.1) is 0 Å². The third-order valence-electron chi connectivity index (χ3n) is 3.57. The minimum Gasteiger partial charge on any atom is -0.365 e. The average molecular weight is 236 g/mol. The number of H-pyrrole nitrogens is 1. The fourth-order valence-corrected chi connectivity index (χ4v) is 2.39. The highest BCUT2D eigenvalue weighted by atomic mass is 16.1. The van der Waals surface area contributed by atoms with Crippen molar-refractivity contribution in [3.8, 4) is 0 Å². The molecule has 0 bridgehead atoms. The number of nitrogens with zero attached hydrogens (tertiary/aromatic N) is 1. The molecule has 0 radical (unpaired) electrons. The summed E-state index contributed by atoms with van der Waals surface area (Å²) in [4.78, 5) is 18.0. The van der Waals surface area contributed by atoms with Gasteiger partial charge in [-0.3, -0.25) is 4.79 Å². The summed E-state index contributed by atoms with van der Waals surface area (Å²) in [5.41, 5.74) is 5.51. The van der Waals surface area contributed by atoms with E-state index in [1.54, 1.807) is 12.4 Å². The molecule has 1 aromatic heterocycles. The summed E-state index contributed by atoms with van der Waals surface area (Å²) in [6.07, 6.45) is 7.94. The van der Waals surface area contributed by atoms with Gasteiger partial charge in [0.1, 0.15) is 0 Å². The second kappa shape index (κ2) is 5.82. The molecule has 94 valence electrons. The van der Waals surface area contributed by atoms with E-state index in [1.807, 2.05) is 0 Å². The zero-order valence-corrected chi connectivity index (χ0v) is 9.98. The second-order valence-electron chi connectivity index (χ2n) is 4.77. The summed E-state index contributed by atoms with van der Waals surface area (Å²) in [7, 11) is 0. The van der Waals surface area contributed by atoms with Gasteiger partial charge in [-0.2, -0.15) is 0 Å². The normalized spacial score (nSPS) is 24.5. The first-order valence-corrected chi connectivity index (χ1v) is 6.27. The number of aromatic nitrogens is 2. The van der Waals surface area contributed by atoms with Gasteiger partial charge in [0.25, 0.3) is 5.56 Å². The maximum absolute atomic E-state index is 11.4. The molecule has 5 nitrogen and oxygen atoms in total. The Balaban J connectivity index is 1.80. The van der Waals surface area contributed by atoms with Gasteiger partial charge in [-0.25, -0.2) is 4.98 Å². The number of hydrogen-bond acceptors (Lipinski definition) is 4. The van der Waals surface area contributed by atoms with E-state index < -0.39 is 0 Å². The lowest BCUT2D eigenvalue weighted by Gasteiger charge is -2.27. The molecule has 4 N–H and O–H groups in total. The highest BCUT2D eigenvalue weighted by molar-refractivity contribution is 5.29. The largest absolute Gasteiger partial charge is 0.365 e. The van der Waals surface area contributed by atoms with Crippen LogP contribution in [0, 0.1) is 11.8 Å². The van der Waals surface area contributed by atoms with Crippen LogP contribution in [0.1, 0.15) is 25.7 Å². The molecule has 2 rings (SSSR count). The molecule has 1 saturated carbocycles. The molecule has 1 aromatic rings. The average Bonchev–Trinajstić information content (AvgIpc) is 2.38. The maximum Gasteiger partial charge on any atom is 0.290 e. The third kappa shape index (κ3) is 3.30. The molecular formula is C12H20N4O. The Bertz CT molecular complexity index is 395. The standard InChI is InChI=1S/C12H20N4O/c13-7-9-1-3-10(4-2-9)8-16-11-12(17)15-6-5-14-11/h5-6,9-10H,1-4,7-8,13H2,(H,14,16)(H,15,17). The SMILES string of the molecule is NCC1CCC(CNc2ncc[nH]c2=O)CC1. The number of aromatic amines is 1. The second-order valence-corrected chi connectivity index (χ2v) is 4.77. The molecule has 0 aromatic carbocycles. The van der Waals surface area contributed by atoms with Gasteiger partial charge in [-0.1, -0.05) is 0 Å². The molecule has 1 aliphatic carbocycles. The predicted molar refractivity (Wildman–Crippen MR) is 67.8 cm³/mol. The van der Waals surface area contributed by atoms with Crippen LogP contribution in [0.3, 0.4) is 0 Å². The summed E-state index contributed by atoms with van der Waals surface area (Å²) >= 11 is 0. The Labute approximate surface area is 101 Å². The molecule has 1 fully saturated rings. The Morgan fingerprint density at radius 1 is 1.35 bits per heavy atom. The van der Waals surface area contributed by atoms with Crippen molar-refractivity contribution in [3.63, 3.8) is 0 Å². The number of anilines is 1. The van der Waals surface area contributed by atoms with E-state index in [0.717, 1.165) is 13.1 Å². The van der Waals surface area contributed by atoms with E-state index in [2.05, 4.69) is 15.3 Å². The molecular weight excluding hydrogens is 216 g/mol. The van der Waals surface area contributed by atoms with Crippen LogP contribution in [0.2, 0.25) is 0 Å². The van der Waals surface area contributed by atoms with Crippen LogP contribution >= 0.6 is 0 Å². The Kier molecular flexibility index (Phi) is 4.14. The van der Waals surface area contributed by atoms with Crippen molar-refractivity contribution in [2.45, 2.75) is 25.7 Å². The van der Waals surface area contributed by atoms with E-state index >= 15 is 0 Å². The minimum absolute atomic E-state index is 0.150. The summed E-state index contributed by atoms with van der Waals surface area (Å²) < 4.78 is 0. The Hall–Kier alpha value is -1.36. The smallest absolute Gasteiger partial charge is 0.290 e. The summed E-state index contributed by atoms with van der Waals surface area (Å²) in [5, 5.41) is 3.13. The molecule has 1 heterocycles. The van der Waals surface area contributed by atoms with E-state index in [-0.39, 0.29) is 5.56 Å². The lowest BCUT2D eigenvalue weighted by atomic mass is 9.82. The van der Waals surface area contributed by atoms with Crippen molar-refractivity contribution in [2.75, 3.05) is 18.4 Å². The number of hydrogen-bond donors (Lipinski definition) is 3. The van der Waals surface area contributed by atoms with E-state index in [1.165, 1.54) is 25.7 Å². The van der Waals surface area contributed by atoms with Crippen LogP contribution in [0.15, 0.2) is 17.2 Å². The van der Waals surface area contributed by atoms with Crippen LogP contribution in [-0.2, 0) is 0 Å². The van der Waals surface area contributed by atoms with Gasteiger partial charge < -0.3 is 16.0 Å². The molecule has 0 unspecified atom stereocenters. The third-order valence-corrected chi connectivity index (χ3v) is 3.57. The number of rotatable bonds is 4. The van der Waals surface area contributed by atoms with Crippen LogP contribution in [-0.4, -0.2) is 23.1 Å². The highest BCUT2D eigenvalue weighted by Crippen LogP contribution is 2.27. The Morgan fingerprint density at radius 2 is 2.06 bits per heavy atom. The number of nitrogens with one attached hydrogen (secondary N) is 2. The van der Waals surface area contributed by atoms with Gasteiger partial charge in [0.15, 0.2) is 5.82 Å². The highest BCUT2D eigenvalue weighted by Gasteiger charge is 2.20. The first-order valence-electron chi connectivity index (χ1n) is 6.27. The predicted octanol–water partition coefficient (Wildman–Crippen LogP) is 0.947. The van der Waals surface area contributed by atoms with Crippen molar-refractivity contribution in [1.82, 2.24) is 9.97 Å². The van der Waals surface area contributed by atoms with Crippen LogP contribution in [0.25, 0.3) is 0 Å². The first kappa shape index (κ1) is 12.1.